The molecule has 1 amide bonds. The number of nitro groups is 1. The Hall–Kier alpha value is -2.69. The Morgan fingerprint density at radius 3 is 2.48 bits per heavy atom. The van der Waals surface area contributed by atoms with E-state index in [0.717, 1.165) is 16.7 Å². The highest BCUT2D eigenvalue weighted by atomic mass is 16.6. The van der Waals surface area contributed by atoms with Crippen LogP contribution in [0.4, 0.5) is 5.69 Å². The van der Waals surface area contributed by atoms with E-state index in [1.165, 1.54) is 12.1 Å². The first kappa shape index (κ1) is 16.7. The summed E-state index contributed by atoms with van der Waals surface area (Å²) >= 11 is 0. The number of likely N-dealkylation sites (N-methyl/N-ethyl adjacent to an activating group) is 1. The summed E-state index contributed by atoms with van der Waals surface area (Å²) in [6, 6.07) is 14.0. The van der Waals surface area contributed by atoms with Crippen molar-refractivity contribution >= 4 is 11.6 Å². The lowest BCUT2D eigenvalue weighted by atomic mass is 10.0. The van der Waals surface area contributed by atoms with Crippen LogP contribution in [0.1, 0.15) is 29.7 Å². The Bertz CT molecular complexity index is 710. The van der Waals surface area contributed by atoms with E-state index in [9.17, 15) is 14.9 Å². The van der Waals surface area contributed by atoms with E-state index >= 15 is 0 Å². The Labute approximate surface area is 135 Å². The summed E-state index contributed by atoms with van der Waals surface area (Å²) in [7, 11) is 1.72. The van der Waals surface area contributed by atoms with Gasteiger partial charge >= 0.3 is 0 Å². The molecule has 1 atom stereocenters. The summed E-state index contributed by atoms with van der Waals surface area (Å²) in [5, 5.41) is 10.9. The predicted molar refractivity (Wildman–Crippen MR) is 89.2 cm³/mol. The van der Waals surface area contributed by atoms with Crippen LogP contribution in [0.25, 0.3) is 0 Å². The highest BCUT2D eigenvalue weighted by Crippen LogP contribution is 2.23. The lowest BCUT2D eigenvalue weighted by molar-refractivity contribution is -0.384. The number of amides is 1. The topological polar surface area (TPSA) is 63.5 Å². The van der Waals surface area contributed by atoms with Crippen LogP contribution < -0.4 is 0 Å². The van der Waals surface area contributed by atoms with Gasteiger partial charge in [0.05, 0.1) is 17.4 Å². The third-order valence-corrected chi connectivity index (χ3v) is 4.01. The molecule has 0 aliphatic heterocycles. The predicted octanol–water partition coefficient (Wildman–Crippen LogP) is 3.67. The van der Waals surface area contributed by atoms with Crippen molar-refractivity contribution < 1.29 is 9.72 Å². The van der Waals surface area contributed by atoms with Crippen molar-refractivity contribution in [2.75, 3.05) is 7.05 Å². The maximum absolute atomic E-state index is 12.4. The summed E-state index contributed by atoms with van der Waals surface area (Å²) in [5.41, 5.74) is 2.89. The van der Waals surface area contributed by atoms with Crippen LogP contribution in [-0.4, -0.2) is 22.8 Å². The summed E-state index contributed by atoms with van der Waals surface area (Å²) in [6.07, 6.45) is 0.316. The van der Waals surface area contributed by atoms with Crippen LogP contribution in [0.2, 0.25) is 0 Å². The third kappa shape index (κ3) is 4.16. The number of hydrogen-bond donors (Lipinski definition) is 0. The quantitative estimate of drug-likeness (QED) is 0.625. The zero-order chi connectivity index (χ0) is 17.0. The molecule has 0 saturated heterocycles. The molecule has 2 aromatic carbocycles. The fourth-order valence-electron chi connectivity index (χ4n) is 2.34. The normalized spacial score (nSPS) is 11.8. The minimum Gasteiger partial charge on any atom is -0.339 e. The van der Waals surface area contributed by atoms with Gasteiger partial charge in [0.1, 0.15) is 0 Å². The fraction of sp³-hybridized carbons (Fsp3) is 0.278. The van der Waals surface area contributed by atoms with Crippen molar-refractivity contribution in [3.63, 3.8) is 0 Å². The van der Waals surface area contributed by atoms with Crippen LogP contribution in [0.5, 0.6) is 0 Å². The largest absolute Gasteiger partial charge is 0.339 e. The molecular formula is C18H20N2O3. The molecule has 2 aromatic rings. The number of benzene rings is 2. The van der Waals surface area contributed by atoms with E-state index < -0.39 is 4.92 Å². The molecule has 0 radical (unpaired) electrons. The van der Waals surface area contributed by atoms with E-state index in [1.54, 1.807) is 24.1 Å². The molecule has 0 aromatic heterocycles. The SMILES string of the molecule is Cc1ccc(CC(=O)N(C)[C@H](C)c2cccc([N+](=O)[O-])c2)cc1. The molecule has 0 unspecified atom stereocenters. The zero-order valence-corrected chi connectivity index (χ0v) is 13.5. The zero-order valence-electron chi connectivity index (χ0n) is 13.5. The average Bonchev–Trinajstić information content (AvgIpc) is 2.55. The van der Waals surface area contributed by atoms with Gasteiger partial charge in [0, 0.05) is 19.2 Å². The van der Waals surface area contributed by atoms with Gasteiger partial charge in [0.25, 0.3) is 5.69 Å². The first-order valence-corrected chi connectivity index (χ1v) is 7.44. The molecule has 0 saturated carbocycles. The standard InChI is InChI=1S/C18H20N2O3/c1-13-7-9-15(10-8-13)11-18(21)19(3)14(2)16-5-4-6-17(12-16)20(22)23/h4-10,12,14H,11H2,1-3H3/t14-/m1/s1. The number of nitrogens with zero attached hydrogens (tertiary/aromatic N) is 2. The van der Waals surface area contributed by atoms with E-state index in [1.807, 2.05) is 38.1 Å². The number of hydrogen-bond acceptors (Lipinski definition) is 3. The monoisotopic (exact) mass is 312 g/mol. The average molecular weight is 312 g/mol. The molecule has 0 heterocycles. The van der Waals surface area contributed by atoms with Gasteiger partial charge in [-0.2, -0.15) is 0 Å². The number of non-ortho nitro benzene ring substituents is 1. The van der Waals surface area contributed by atoms with Gasteiger partial charge in [-0.15, -0.1) is 0 Å². The van der Waals surface area contributed by atoms with Gasteiger partial charge in [-0.1, -0.05) is 42.0 Å². The first-order valence-electron chi connectivity index (χ1n) is 7.44. The smallest absolute Gasteiger partial charge is 0.269 e. The highest BCUT2D eigenvalue weighted by Gasteiger charge is 2.19. The van der Waals surface area contributed by atoms with Crippen LogP contribution in [0.15, 0.2) is 48.5 Å². The maximum Gasteiger partial charge on any atom is 0.269 e. The van der Waals surface area contributed by atoms with Crippen molar-refractivity contribution in [1.82, 2.24) is 4.90 Å². The Kier molecular flexibility index (Phi) is 5.11. The van der Waals surface area contributed by atoms with E-state index in [-0.39, 0.29) is 17.6 Å². The lowest BCUT2D eigenvalue weighted by Gasteiger charge is -2.25. The number of carbonyl (C=O) groups excluding carboxylic acids is 1. The second-order valence-corrected chi connectivity index (χ2v) is 5.70. The third-order valence-electron chi connectivity index (χ3n) is 4.01. The molecule has 0 aliphatic carbocycles. The Balaban J connectivity index is 2.10. The number of rotatable bonds is 5. The minimum absolute atomic E-state index is 0.0205. The van der Waals surface area contributed by atoms with Crippen LogP contribution in [0.3, 0.4) is 0 Å². The summed E-state index contributed by atoms with van der Waals surface area (Å²) < 4.78 is 0. The Morgan fingerprint density at radius 2 is 1.87 bits per heavy atom. The van der Waals surface area contributed by atoms with Crippen molar-refractivity contribution in [3.05, 3.63) is 75.3 Å². The van der Waals surface area contributed by atoms with E-state index in [4.69, 9.17) is 0 Å². The van der Waals surface area contributed by atoms with E-state index in [2.05, 4.69) is 0 Å². The van der Waals surface area contributed by atoms with Crippen molar-refractivity contribution in [2.24, 2.45) is 0 Å². The highest BCUT2D eigenvalue weighted by molar-refractivity contribution is 5.79. The lowest BCUT2D eigenvalue weighted by Crippen LogP contribution is -2.31. The summed E-state index contributed by atoms with van der Waals surface area (Å²) in [6.45, 7) is 3.87. The number of nitro benzene ring substituents is 1. The van der Waals surface area contributed by atoms with Gasteiger partial charge in [-0.05, 0) is 25.0 Å². The van der Waals surface area contributed by atoms with Gasteiger partial charge in [-0.3, -0.25) is 14.9 Å². The molecule has 5 nitrogen and oxygen atoms in total. The van der Waals surface area contributed by atoms with Gasteiger partial charge < -0.3 is 4.90 Å². The summed E-state index contributed by atoms with van der Waals surface area (Å²) in [4.78, 5) is 24.5. The number of carbonyl (C=O) groups is 1. The molecule has 0 aliphatic rings. The van der Waals surface area contributed by atoms with Gasteiger partial charge in [-0.25, -0.2) is 0 Å². The molecule has 0 fully saturated rings. The fourth-order valence-corrected chi connectivity index (χ4v) is 2.34. The van der Waals surface area contributed by atoms with Crippen LogP contribution in [0, 0.1) is 17.0 Å². The van der Waals surface area contributed by atoms with Crippen molar-refractivity contribution in [2.45, 2.75) is 26.3 Å². The van der Waals surface area contributed by atoms with Crippen LogP contribution in [-0.2, 0) is 11.2 Å². The molecule has 2 rings (SSSR count). The summed E-state index contributed by atoms with van der Waals surface area (Å²) in [5.74, 6) is -0.0205. The molecule has 0 bridgehead atoms. The van der Waals surface area contributed by atoms with Gasteiger partial charge in [0.15, 0.2) is 0 Å². The molecule has 5 heteroatoms. The van der Waals surface area contributed by atoms with Gasteiger partial charge in [0.2, 0.25) is 5.91 Å². The first-order chi connectivity index (χ1) is 10.9. The van der Waals surface area contributed by atoms with Crippen LogP contribution >= 0.6 is 0 Å². The molecule has 120 valence electrons. The van der Waals surface area contributed by atoms with Crippen molar-refractivity contribution in [1.29, 1.82) is 0 Å². The molecule has 0 spiro atoms. The Morgan fingerprint density at radius 1 is 1.22 bits per heavy atom. The molecule has 0 N–H and O–H groups in total. The second-order valence-electron chi connectivity index (χ2n) is 5.70. The number of aryl methyl sites for hydroxylation is 1. The molecular weight excluding hydrogens is 292 g/mol. The molecule has 23 heavy (non-hydrogen) atoms. The van der Waals surface area contributed by atoms with Crippen molar-refractivity contribution in [3.8, 4) is 0 Å². The minimum atomic E-state index is -0.426. The maximum atomic E-state index is 12.4. The van der Waals surface area contributed by atoms with E-state index in [0.29, 0.717) is 6.42 Å². The second kappa shape index (κ2) is 7.05.